The summed E-state index contributed by atoms with van der Waals surface area (Å²) in [4.78, 5) is 43.9. The maximum atomic E-state index is 11.8. The zero-order chi connectivity index (χ0) is 19.8. The Balaban J connectivity index is 0.00000280. The summed E-state index contributed by atoms with van der Waals surface area (Å²) in [6.45, 7) is 0. The van der Waals surface area contributed by atoms with E-state index in [1.165, 1.54) is 0 Å². The second kappa shape index (κ2) is 9.30. The van der Waals surface area contributed by atoms with Crippen LogP contribution < -0.4 is 40.0 Å². The van der Waals surface area contributed by atoms with E-state index in [9.17, 15) is 27.9 Å². The van der Waals surface area contributed by atoms with Gasteiger partial charge in [-0.05, 0) is 12.8 Å². The van der Waals surface area contributed by atoms with Gasteiger partial charge in [0.05, 0.1) is 18.5 Å². The number of nitrogens with zero attached hydrogens (tertiary/aromatic N) is 2. The molecule has 2 saturated heterocycles. The van der Waals surface area contributed by atoms with Crippen LogP contribution in [0.3, 0.4) is 0 Å². The number of amides is 2. The quantitative estimate of drug-likeness (QED) is 0.169. The van der Waals surface area contributed by atoms with Crippen LogP contribution in [0.5, 0.6) is 0 Å². The van der Waals surface area contributed by atoms with Crippen LogP contribution >= 0.6 is 11.8 Å². The summed E-state index contributed by atoms with van der Waals surface area (Å²) in [5.74, 6) is -2.30. The van der Waals surface area contributed by atoms with Gasteiger partial charge in [-0.25, -0.2) is 4.79 Å². The summed E-state index contributed by atoms with van der Waals surface area (Å²) in [6, 6.07) is -0.269. The molecule has 2 amide bonds. The molecule has 2 N–H and O–H groups in total. The average molecular weight is 443 g/mol. The summed E-state index contributed by atoms with van der Waals surface area (Å²) >= 11 is 1.72. The molecule has 3 rings (SSSR count). The number of amidine groups is 1. The first kappa shape index (κ1) is 23.4. The minimum absolute atomic E-state index is 0. The molecule has 28 heavy (non-hydrogen) atoms. The topological polar surface area (TPSA) is 165 Å². The number of aliphatic imine (C=N–C) groups is 1. The van der Waals surface area contributed by atoms with Crippen molar-refractivity contribution in [2.45, 2.75) is 54.7 Å². The fourth-order valence-corrected chi connectivity index (χ4v) is 5.46. The molecule has 0 saturated carbocycles. The number of nitrogens with one attached hydrogen (secondary N) is 1. The molecule has 0 bridgehead atoms. The Labute approximate surface area is 187 Å². The molecule has 4 atom stereocenters. The molecule has 150 valence electrons. The summed E-state index contributed by atoms with van der Waals surface area (Å²) < 4.78 is 31.0. The summed E-state index contributed by atoms with van der Waals surface area (Å²) in [6.07, 6.45) is 1.03. The third-order valence-electron chi connectivity index (χ3n) is 4.59. The summed E-state index contributed by atoms with van der Waals surface area (Å²) in [7, 11) is -4.74. The van der Waals surface area contributed by atoms with Gasteiger partial charge in [0.15, 0.2) is 5.25 Å². The van der Waals surface area contributed by atoms with Crippen molar-refractivity contribution in [2.24, 2.45) is 4.99 Å². The first-order chi connectivity index (χ1) is 12.7. The van der Waals surface area contributed by atoms with Gasteiger partial charge in [0.25, 0.3) is 21.9 Å². The van der Waals surface area contributed by atoms with Crippen molar-refractivity contribution in [1.82, 2.24) is 10.4 Å². The third-order valence-corrected chi connectivity index (χ3v) is 7.17. The van der Waals surface area contributed by atoms with Crippen LogP contribution in [-0.4, -0.2) is 70.2 Å². The van der Waals surface area contributed by atoms with Gasteiger partial charge in [-0.1, -0.05) is 6.42 Å². The van der Waals surface area contributed by atoms with Gasteiger partial charge in [-0.15, -0.1) is 5.06 Å². The van der Waals surface area contributed by atoms with Crippen molar-refractivity contribution in [2.75, 3.05) is 5.75 Å². The molecule has 0 spiro atoms. The number of unbranched alkanes of at least 4 members (excludes halogenated alkanes) is 1. The van der Waals surface area contributed by atoms with Gasteiger partial charge in [0, 0.05) is 23.4 Å². The number of hydroxylamine groups is 2. The Morgan fingerprint density at radius 3 is 2.75 bits per heavy atom. The predicted molar refractivity (Wildman–Crippen MR) is 90.8 cm³/mol. The molecule has 11 nitrogen and oxygen atoms in total. The van der Waals surface area contributed by atoms with E-state index in [-0.39, 0.29) is 64.4 Å². The molecule has 3 aliphatic heterocycles. The number of hydrogen-bond acceptors (Lipinski definition) is 10. The van der Waals surface area contributed by atoms with Crippen molar-refractivity contribution >= 4 is 45.7 Å². The zero-order valence-corrected chi connectivity index (χ0v) is 18.7. The number of fused-ring (bicyclic) bond motifs is 1. The van der Waals surface area contributed by atoms with Crippen molar-refractivity contribution in [1.29, 1.82) is 0 Å². The summed E-state index contributed by atoms with van der Waals surface area (Å²) in [5, 5.41) is 12.4. The molecule has 0 aromatic heterocycles. The van der Waals surface area contributed by atoms with E-state index < -0.39 is 39.6 Å². The van der Waals surface area contributed by atoms with Crippen LogP contribution in [0, 0.1) is 0 Å². The van der Waals surface area contributed by atoms with Crippen LogP contribution in [0.4, 0.5) is 0 Å². The van der Waals surface area contributed by atoms with Crippen molar-refractivity contribution in [3.05, 3.63) is 0 Å². The summed E-state index contributed by atoms with van der Waals surface area (Å²) in [5.41, 5.74) is 0. The molecular weight excluding hydrogens is 425 g/mol. The Kier molecular flexibility index (Phi) is 7.78. The SMILES string of the molecule is O=C(CCCCC1SC[C@@H]2NC([O-])=N[C@H]12)ON1C(=O)CC(S(=O)(=O)O)C1=O.[Na+]. The Morgan fingerprint density at radius 1 is 1.39 bits per heavy atom. The molecule has 0 aromatic rings. The maximum Gasteiger partial charge on any atom is 1.00 e. The van der Waals surface area contributed by atoms with Crippen LogP contribution in [0.15, 0.2) is 4.99 Å². The van der Waals surface area contributed by atoms with Crippen LogP contribution in [0.1, 0.15) is 32.1 Å². The van der Waals surface area contributed by atoms with E-state index in [4.69, 9.17) is 4.55 Å². The van der Waals surface area contributed by atoms with E-state index in [0.29, 0.717) is 12.8 Å². The minimum atomic E-state index is -4.74. The molecule has 2 fully saturated rings. The van der Waals surface area contributed by atoms with E-state index in [1.807, 2.05) is 0 Å². The van der Waals surface area contributed by atoms with Gasteiger partial charge in [-0.3, -0.25) is 19.1 Å². The molecule has 3 heterocycles. The average Bonchev–Trinajstić information content (AvgIpc) is 3.19. The van der Waals surface area contributed by atoms with E-state index in [0.717, 1.165) is 12.2 Å². The number of imide groups is 1. The smallest absolute Gasteiger partial charge is 0.846 e. The van der Waals surface area contributed by atoms with Crippen LogP contribution in [0.2, 0.25) is 0 Å². The van der Waals surface area contributed by atoms with Gasteiger partial charge < -0.3 is 15.3 Å². The third kappa shape index (κ3) is 5.19. The van der Waals surface area contributed by atoms with Gasteiger partial charge in [-0.2, -0.15) is 20.2 Å². The van der Waals surface area contributed by atoms with Crippen molar-refractivity contribution < 1.29 is 66.9 Å². The van der Waals surface area contributed by atoms with Gasteiger partial charge in [0.2, 0.25) is 0 Å². The fraction of sp³-hybridized carbons (Fsp3) is 0.714. The number of hydrogen-bond donors (Lipinski definition) is 2. The maximum absolute atomic E-state index is 11.8. The van der Waals surface area contributed by atoms with Crippen LogP contribution in [0.25, 0.3) is 0 Å². The molecule has 0 aliphatic carbocycles. The molecule has 14 heteroatoms. The Hall–Kier alpha value is -0.860. The standard InChI is InChI=1S/C14H19N3O8S2.Na/c18-10-5-9(27(22,23)24)13(20)17(10)25-11(19)4-2-1-3-8-12-7(6-26-8)15-14(21)16-12;/h7-9,12H,1-6H2,(H2,15,16,21)(H,22,23,24);/q;+1/p-1/t7-,8?,9?,12-;/m0./s1. The van der Waals surface area contributed by atoms with Gasteiger partial charge in [0.1, 0.15) is 0 Å². The minimum Gasteiger partial charge on any atom is -0.846 e. The molecule has 0 radical (unpaired) electrons. The number of thioether (sulfide) groups is 1. The van der Waals surface area contributed by atoms with Gasteiger partial charge >= 0.3 is 35.5 Å². The zero-order valence-electron chi connectivity index (χ0n) is 15.1. The first-order valence-electron chi connectivity index (χ1n) is 8.33. The fourth-order valence-electron chi connectivity index (χ4n) is 3.24. The molecule has 0 aromatic carbocycles. The Bertz CT molecular complexity index is 789. The Morgan fingerprint density at radius 2 is 2.11 bits per heavy atom. The second-order valence-electron chi connectivity index (χ2n) is 6.49. The van der Waals surface area contributed by atoms with Crippen molar-refractivity contribution in [3.63, 3.8) is 0 Å². The monoisotopic (exact) mass is 443 g/mol. The van der Waals surface area contributed by atoms with Crippen LogP contribution in [-0.2, 0) is 29.3 Å². The predicted octanol–water partition coefficient (Wildman–Crippen LogP) is -4.80. The largest absolute Gasteiger partial charge is 1.00 e. The number of carbonyl (C=O) groups excluding carboxylic acids is 3. The number of carbonyl (C=O) groups is 3. The van der Waals surface area contributed by atoms with E-state index >= 15 is 0 Å². The number of rotatable bonds is 7. The normalized spacial score (nSPS) is 29.2. The van der Waals surface area contributed by atoms with Crippen molar-refractivity contribution in [3.8, 4) is 0 Å². The van der Waals surface area contributed by atoms with E-state index in [1.54, 1.807) is 11.8 Å². The van der Waals surface area contributed by atoms with E-state index in [2.05, 4.69) is 15.1 Å². The molecule has 2 unspecified atom stereocenters. The molecule has 3 aliphatic rings. The second-order valence-corrected chi connectivity index (χ2v) is 9.36. The first-order valence-corrected chi connectivity index (χ1v) is 10.9. The molecular formula is C14H18N3NaO8S2.